The van der Waals surface area contributed by atoms with Crippen LogP contribution in [-0.4, -0.2) is 39.8 Å². The summed E-state index contributed by atoms with van der Waals surface area (Å²) >= 11 is 1.36. The fourth-order valence-electron chi connectivity index (χ4n) is 1.46. The third kappa shape index (κ3) is 3.69. The number of rotatable bonds is 5. The Balaban J connectivity index is 2.88. The summed E-state index contributed by atoms with van der Waals surface area (Å²) in [6, 6.07) is 0. The van der Waals surface area contributed by atoms with E-state index in [0.717, 1.165) is 0 Å². The lowest BCUT2D eigenvalue weighted by Crippen LogP contribution is -2.28. The molecule has 0 radical (unpaired) electrons. The van der Waals surface area contributed by atoms with Crippen LogP contribution in [0.3, 0.4) is 0 Å². The van der Waals surface area contributed by atoms with Crippen LogP contribution in [0.25, 0.3) is 0 Å². The molecule has 1 aromatic heterocycles. The van der Waals surface area contributed by atoms with E-state index in [-0.39, 0.29) is 18.9 Å². The Morgan fingerprint density at radius 1 is 1.33 bits per heavy atom. The zero-order valence-electron chi connectivity index (χ0n) is 10.5. The highest BCUT2D eigenvalue weighted by Crippen LogP contribution is 2.20. The second-order valence-electron chi connectivity index (χ2n) is 3.64. The van der Waals surface area contributed by atoms with Crippen molar-refractivity contribution in [3.63, 3.8) is 0 Å². The first kappa shape index (κ1) is 14.4. The number of aliphatic carboxylic acids is 1. The van der Waals surface area contributed by atoms with Gasteiger partial charge in [0.05, 0.1) is 17.7 Å². The number of carbonyl (C=O) groups excluding carboxylic acids is 1. The van der Waals surface area contributed by atoms with Gasteiger partial charge < -0.3 is 10.4 Å². The van der Waals surface area contributed by atoms with Crippen LogP contribution in [0.4, 0.5) is 0 Å². The summed E-state index contributed by atoms with van der Waals surface area (Å²) in [5, 5.41) is 11.7. The summed E-state index contributed by atoms with van der Waals surface area (Å²) < 4.78 is 0. The quantitative estimate of drug-likeness (QED) is 0.612. The van der Waals surface area contributed by atoms with Crippen LogP contribution in [0.2, 0.25) is 0 Å². The normalized spacial score (nSPS) is 10.2. The number of hydrogen-bond acceptors (Lipinski definition) is 5. The molecule has 1 heterocycles. The molecule has 18 heavy (non-hydrogen) atoms. The van der Waals surface area contributed by atoms with Crippen LogP contribution in [0, 0.1) is 13.8 Å². The van der Waals surface area contributed by atoms with Crippen molar-refractivity contribution in [1.82, 2.24) is 15.3 Å². The van der Waals surface area contributed by atoms with E-state index in [4.69, 9.17) is 5.11 Å². The van der Waals surface area contributed by atoms with E-state index in [1.807, 2.05) is 6.26 Å². The van der Waals surface area contributed by atoms with Crippen molar-refractivity contribution in [3.8, 4) is 0 Å². The summed E-state index contributed by atoms with van der Waals surface area (Å²) in [4.78, 5) is 30.6. The van der Waals surface area contributed by atoms with Gasteiger partial charge in [0.25, 0.3) is 5.91 Å². The third-order valence-corrected chi connectivity index (χ3v) is 2.90. The Kier molecular flexibility index (Phi) is 5.08. The van der Waals surface area contributed by atoms with E-state index in [1.54, 1.807) is 13.8 Å². The minimum absolute atomic E-state index is 0.0926. The maximum atomic E-state index is 11.9. The zero-order chi connectivity index (χ0) is 13.7. The Morgan fingerprint density at radius 3 is 2.56 bits per heavy atom. The number of nitrogens with one attached hydrogen (secondary N) is 1. The third-order valence-electron chi connectivity index (χ3n) is 2.21. The number of aromatic nitrogens is 2. The van der Waals surface area contributed by atoms with Crippen molar-refractivity contribution >= 4 is 23.6 Å². The number of carboxylic acids is 1. The SMILES string of the molecule is CSc1nc(C)nc(C)c1C(=O)NCCC(=O)O. The molecule has 0 saturated heterocycles. The van der Waals surface area contributed by atoms with Gasteiger partial charge in [0.2, 0.25) is 0 Å². The maximum absolute atomic E-state index is 11.9. The van der Waals surface area contributed by atoms with E-state index >= 15 is 0 Å². The van der Waals surface area contributed by atoms with Gasteiger partial charge in [-0.2, -0.15) is 0 Å². The predicted octanol–water partition coefficient (Wildman–Crippen LogP) is 1.02. The van der Waals surface area contributed by atoms with Crippen LogP contribution in [0.5, 0.6) is 0 Å². The van der Waals surface area contributed by atoms with Crippen molar-refractivity contribution in [2.45, 2.75) is 25.3 Å². The van der Waals surface area contributed by atoms with Crippen molar-refractivity contribution in [2.24, 2.45) is 0 Å². The van der Waals surface area contributed by atoms with Gasteiger partial charge in [0.15, 0.2) is 0 Å². The fourth-order valence-corrected chi connectivity index (χ4v) is 2.13. The second-order valence-corrected chi connectivity index (χ2v) is 4.44. The minimum Gasteiger partial charge on any atom is -0.481 e. The Bertz CT molecular complexity index is 477. The molecular formula is C11H15N3O3S. The Labute approximate surface area is 109 Å². The molecule has 0 unspecified atom stereocenters. The Hall–Kier alpha value is -1.63. The van der Waals surface area contributed by atoms with Gasteiger partial charge in [-0.3, -0.25) is 9.59 Å². The van der Waals surface area contributed by atoms with Gasteiger partial charge in [0.1, 0.15) is 10.9 Å². The van der Waals surface area contributed by atoms with Gasteiger partial charge in [-0.25, -0.2) is 9.97 Å². The lowest BCUT2D eigenvalue weighted by atomic mass is 10.2. The predicted molar refractivity (Wildman–Crippen MR) is 67.9 cm³/mol. The average molecular weight is 269 g/mol. The van der Waals surface area contributed by atoms with Crippen molar-refractivity contribution < 1.29 is 14.7 Å². The maximum Gasteiger partial charge on any atom is 0.305 e. The van der Waals surface area contributed by atoms with E-state index in [9.17, 15) is 9.59 Å². The van der Waals surface area contributed by atoms with Crippen LogP contribution in [0.1, 0.15) is 28.3 Å². The summed E-state index contributed by atoms with van der Waals surface area (Å²) in [5.74, 6) is -0.672. The monoisotopic (exact) mass is 269 g/mol. The van der Waals surface area contributed by atoms with Gasteiger partial charge in [-0.1, -0.05) is 0 Å². The molecule has 0 bridgehead atoms. The average Bonchev–Trinajstić information content (AvgIpc) is 2.26. The minimum atomic E-state index is -0.947. The van der Waals surface area contributed by atoms with Gasteiger partial charge >= 0.3 is 5.97 Å². The number of amides is 1. The topological polar surface area (TPSA) is 92.2 Å². The molecule has 0 aromatic carbocycles. The smallest absolute Gasteiger partial charge is 0.305 e. The zero-order valence-corrected chi connectivity index (χ0v) is 11.3. The molecule has 0 aliphatic heterocycles. The molecule has 0 aliphatic carbocycles. The van der Waals surface area contributed by atoms with E-state index in [0.29, 0.717) is 22.1 Å². The summed E-state index contributed by atoms with van der Waals surface area (Å²) in [5.41, 5.74) is 1.01. The lowest BCUT2D eigenvalue weighted by molar-refractivity contribution is -0.136. The summed E-state index contributed by atoms with van der Waals surface area (Å²) in [6.07, 6.45) is 1.72. The molecule has 98 valence electrons. The number of aryl methyl sites for hydroxylation is 2. The van der Waals surface area contributed by atoms with Crippen LogP contribution >= 0.6 is 11.8 Å². The molecule has 0 atom stereocenters. The molecule has 7 heteroatoms. The van der Waals surface area contributed by atoms with E-state index < -0.39 is 5.97 Å². The van der Waals surface area contributed by atoms with E-state index in [1.165, 1.54) is 11.8 Å². The van der Waals surface area contributed by atoms with Gasteiger partial charge in [-0.05, 0) is 20.1 Å². The van der Waals surface area contributed by atoms with Gasteiger partial charge in [-0.15, -0.1) is 11.8 Å². The molecule has 2 N–H and O–H groups in total. The Morgan fingerprint density at radius 2 is 2.00 bits per heavy atom. The molecule has 1 rings (SSSR count). The van der Waals surface area contributed by atoms with Crippen molar-refractivity contribution in [2.75, 3.05) is 12.8 Å². The number of carboxylic acid groups (broad SMARTS) is 1. The molecule has 0 spiro atoms. The lowest BCUT2D eigenvalue weighted by Gasteiger charge is -2.10. The summed E-state index contributed by atoms with van der Waals surface area (Å²) in [6.45, 7) is 3.59. The largest absolute Gasteiger partial charge is 0.481 e. The first-order valence-electron chi connectivity index (χ1n) is 5.35. The highest BCUT2D eigenvalue weighted by molar-refractivity contribution is 7.98. The molecule has 0 fully saturated rings. The first-order valence-corrected chi connectivity index (χ1v) is 6.57. The number of nitrogens with zero attached hydrogens (tertiary/aromatic N) is 2. The van der Waals surface area contributed by atoms with Crippen molar-refractivity contribution in [3.05, 3.63) is 17.1 Å². The summed E-state index contributed by atoms with van der Waals surface area (Å²) in [7, 11) is 0. The second kappa shape index (κ2) is 6.34. The highest BCUT2D eigenvalue weighted by Gasteiger charge is 2.17. The van der Waals surface area contributed by atoms with Crippen LogP contribution in [0.15, 0.2) is 5.03 Å². The molecular weight excluding hydrogens is 254 g/mol. The molecule has 0 saturated carbocycles. The van der Waals surface area contributed by atoms with Crippen LogP contribution in [-0.2, 0) is 4.79 Å². The fraction of sp³-hybridized carbons (Fsp3) is 0.455. The van der Waals surface area contributed by atoms with E-state index in [2.05, 4.69) is 15.3 Å². The molecule has 0 aliphatic rings. The van der Waals surface area contributed by atoms with Crippen molar-refractivity contribution in [1.29, 1.82) is 0 Å². The number of hydrogen-bond donors (Lipinski definition) is 2. The van der Waals surface area contributed by atoms with Gasteiger partial charge in [0, 0.05) is 6.54 Å². The standard InChI is InChI=1S/C11H15N3O3S/c1-6-9(10(17)12-5-4-8(15)16)11(18-3)14-7(2)13-6/h4-5H2,1-3H3,(H,12,17)(H,15,16). The van der Waals surface area contributed by atoms with Crippen LogP contribution < -0.4 is 5.32 Å². The molecule has 1 amide bonds. The number of thioether (sulfide) groups is 1. The first-order chi connectivity index (χ1) is 8.45. The number of carbonyl (C=O) groups is 2. The molecule has 6 nitrogen and oxygen atoms in total. The molecule has 1 aromatic rings. The highest BCUT2D eigenvalue weighted by atomic mass is 32.2.